The summed E-state index contributed by atoms with van der Waals surface area (Å²) in [6, 6.07) is 0. The van der Waals surface area contributed by atoms with E-state index in [0.717, 1.165) is 0 Å². The molecule has 0 amide bonds. The summed E-state index contributed by atoms with van der Waals surface area (Å²) in [6.07, 6.45) is 0. The molecule has 0 bridgehead atoms. The fourth-order valence-electron chi connectivity index (χ4n) is 2.41. The van der Waals surface area contributed by atoms with Gasteiger partial charge in [0, 0.05) is 0 Å². The molecule has 28 heavy (non-hydrogen) atoms. The van der Waals surface area contributed by atoms with E-state index in [9.17, 15) is 69.5 Å². The van der Waals surface area contributed by atoms with Crippen LogP contribution in [0.4, 0.5) is 52.7 Å². The predicted octanol–water partition coefficient (Wildman–Crippen LogP) is 2.22. The van der Waals surface area contributed by atoms with E-state index in [1.165, 1.54) is 0 Å². The van der Waals surface area contributed by atoms with E-state index in [1.807, 2.05) is 0 Å². The standard InChI is InChI=1S/C6H6F12O6S2Si2/c7-3(8,9)27(4(10,11)12,1-25(19,20)21)28(5(13,14)15,6(16,17)18)2-26(22,23)24/h1-2H2,(H,19,20,21)(H,22,23,24). The van der Waals surface area contributed by atoms with Crippen molar-refractivity contribution < 1.29 is 78.6 Å². The Morgan fingerprint density at radius 1 is 0.500 bits per heavy atom. The Morgan fingerprint density at radius 3 is 0.714 bits per heavy atom. The second-order valence-corrected chi connectivity index (χ2v) is 20.9. The summed E-state index contributed by atoms with van der Waals surface area (Å²) in [5.74, 6) is -30.4. The molecule has 0 fully saturated rings. The van der Waals surface area contributed by atoms with Gasteiger partial charge in [0.15, 0.2) is 0 Å². The molecule has 0 aromatic carbocycles. The summed E-state index contributed by atoms with van der Waals surface area (Å²) in [6.45, 7) is 0. The van der Waals surface area contributed by atoms with Gasteiger partial charge in [-0.3, -0.25) is 9.11 Å². The second-order valence-electron chi connectivity index (χ2n) is 5.25. The molecule has 0 radical (unpaired) electrons. The fourth-order valence-corrected chi connectivity index (χ4v) is 27.5. The highest BCUT2D eigenvalue weighted by atomic mass is 32.2. The van der Waals surface area contributed by atoms with Crippen molar-refractivity contribution in [1.29, 1.82) is 0 Å². The van der Waals surface area contributed by atoms with E-state index >= 15 is 0 Å². The Hall–Kier alpha value is -0.586. The highest BCUT2D eigenvalue weighted by Crippen LogP contribution is 2.57. The van der Waals surface area contributed by atoms with Crippen molar-refractivity contribution in [3.63, 3.8) is 0 Å². The van der Waals surface area contributed by atoms with Gasteiger partial charge in [0.25, 0.3) is 20.2 Å². The van der Waals surface area contributed by atoms with Crippen molar-refractivity contribution in [1.82, 2.24) is 0 Å². The molecule has 0 aliphatic carbocycles. The lowest BCUT2D eigenvalue weighted by Gasteiger charge is -2.47. The van der Waals surface area contributed by atoms with Crippen LogP contribution in [0.3, 0.4) is 0 Å². The SMILES string of the molecule is O=S(=O)(O)C[Si](C(F)(F)F)(C(F)(F)F)[Si](CS(=O)(=O)O)(C(F)(F)F)C(F)(F)F. The second kappa shape index (κ2) is 6.99. The van der Waals surface area contributed by atoms with Crippen LogP contribution in [0.2, 0.25) is 0 Å². The predicted molar refractivity (Wildman–Crippen MR) is 68.6 cm³/mol. The number of halogens is 12. The quantitative estimate of drug-likeness (QED) is 0.326. The van der Waals surface area contributed by atoms with Crippen LogP contribution in [0.25, 0.3) is 0 Å². The smallest absolute Gasteiger partial charge is 0.286 e. The van der Waals surface area contributed by atoms with Crippen LogP contribution in [0, 0.1) is 0 Å². The van der Waals surface area contributed by atoms with Crippen LogP contribution in [0.5, 0.6) is 0 Å². The van der Waals surface area contributed by atoms with Gasteiger partial charge in [-0.15, -0.1) is 0 Å². The summed E-state index contributed by atoms with van der Waals surface area (Å²) in [7, 11) is -32.6. The molecule has 0 heterocycles. The molecule has 2 N–H and O–H groups in total. The van der Waals surface area contributed by atoms with Crippen molar-refractivity contribution in [2.45, 2.75) is 23.2 Å². The third-order valence-electron chi connectivity index (χ3n) is 3.46. The first-order valence-corrected chi connectivity index (χ1v) is 14.5. The van der Waals surface area contributed by atoms with E-state index in [1.54, 1.807) is 0 Å². The van der Waals surface area contributed by atoms with E-state index in [0.29, 0.717) is 0 Å². The van der Waals surface area contributed by atoms with Crippen LogP contribution in [0.15, 0.2) is 0 Å². The Labute approximate surface area is 148 Å². The average molecular weight is 522 g/mol. The zero-order valence-electron chi connectivity index (χ0n) is 12.3. The molecule has 0 rings (SSSR count). The van der Waals surface area contributed by atoms with E-state index < -0.39 is 69.4 Å². The van der Waals surface area contributed by atoms with Gasteiger partial charge in [-0.25, -0.2) is 0 Å². The molecule has 0 spiro atoms. The van der Waals surface area contributed by atoms with E-state index in [4.69, 9.17) is 9.11 Å². The number of hydrogen-bond donors (Lipinski definition) is 2. The van der Waals surface area contributed by atoms with Crippen molar-refractivity contribution in [3.8, 4) is 0 Å². The van der Waals surface area contributed by atoms with Crippen molar-refractivity contribution in [3.05, 3.63) is 0 Å². The maximum atomic E-state index is 13.3. The highest BCUT2D eigenvalue weighted by molar-refractivity contribution is 7.92. The summed E-state index contributed by atoms with van der Waals surface area (Å²) in [5.41, 5.74) is 0. The molecule has 0 saturated carbocycles. The van der Waals surface area contributed by atoms with Gasteiger partial charge >= 0.3 is 38.4 Å². The molecule has 0 aromatic heterocycles. The molecular formula is C6H6F12O6S2Si2. The van der Waals surface area contributed by atoms with E-state index in [-0.39, 0.29) is 0 Å². The van der Waals surface area contributed by atoms with Crippen LogP contribution < -0.4 is 0 Å². The summed E-state index contributed by atoms with van der Waals surface area (Å²) < 4.78 is 218. The Bertz CT molecular complexity index is 694. The van der Waals surface area contributed by atoms with Crippen LogP contribution in [-0.4, -0.2) is 75.1 Å². The minimum absolute atomic E-state index is 4.10. The normalized spacial score (nSPS) is 16.4. The number of alkyl halides is 12. The third kappa shape index (κ3) is 4.76. The first kappa shape index (κ1) is 27.4. The molecule has 0 unspecified atom stereocenters. The van der Waals surface area contributed by atoms with Gasteiger partial charge in [0.2, 0.25) is 0 Å². The lowest BCUT2D eigenvalue weighted by Crippen LogP contribution is -2.92. The molecule has 170 valence electrons. The van der Waals surface area contributed by atoms with Crippen LogP contribution in [-0.2, 0) is 20.2 Å². The largest absolute Gasteiger partial charge is 0.371 e. The van der Waals surface area contributed by atoms with Gasteiger partial charge in [-0.2, -0.15) is 69.5 Å². The first-order valence-electron chi connectivity index (χ1n) is 5.83. The number of hydrogen-bond acceptors (Lipinski definition) is 4. The molecule has 0 aliphatic heterocycles. The first-order chi connectivity index (χ1) is 11.7. The van der Waals surface area contributed by atoms with Crippen LogP contribution in [0.1, 0.15) is 0 Å². The third-order valence-corrected chi connectivity index (χ3v) is 25.5. The van der Waals surface area contributed by atoms with Gasteiger partial charge < -0.3 is 0 Å². The van der Waals surface area contributed by atoms with E-state index in [2.05, 4.69) is 0 Å². The summed E-state index contributed by atoms with van der Waals surface area (Å²) in [5, 5.41) is -8.21. The average Bonchev–Trinajstić information content (AvgIpc) is 2.24. The van der Waals surface area contributed by atoms with Crippen molar-refractivity contribution in [2.75, 3.05) is 10.8 Å². The highest BCUT2D eigenvalue weighted by Gasteiger charge is 2.98. The summed E-state index contributed by atoms with van der Waals surface area (Å²) >= 11 is 0. The monoisotopic (exact) mass is 522 g/mol. The zero-order chi connectivity index (χ0) is 23.4. The molecular weight excluding hydrogens is 516 g/mol. The molecule has 0 atom stereocenters. The molecule has 0 aliphatic rings. The number of rotatable bonds is 5. The van der Waals surface area contributed by atoms with Gasteiger partial charge in [-0.05, 0) is 0 Å². The molecule has 0 saturated heterocycles. The lowest BCUT2D eigenvalue weighted by atomic mass is 11.5. The van der Waals surface area contributed by atoms with Crippen molar-refractivity contribution >= 4 is 35.4 Å². The minimum atomic E-state index is -9.48. The molecule has 22 heteroatoms. The zero-order valence-corrected chi connectivity index (χ0v) is 15.9. The van der Waals surface area contributed by atoms with Crippen LogP contribution >= 0.6 is 0 Å². The topological polar surface area (TPSA) is 109 Å². The van der Waals surface area contributed by atoms with Gasteiger partial charge in [0.05, 0.1) is 10.8 Å². The Morgan fingerprint density at radius 2 is 0.643 bits per heavy atom. The van der Waals surface area contributed by atoms with Gasteiger partial charge in [0.1, 0.15) is 0 Å². The fraction of sp³-hybridized carbons (Fsp3) is 1.00. The Kier molecular flexibility index (Phi) is 6.84. The molecule has 0 aromatic rings. The van der Waals surface area contributed by atoms with Gasteiger partial charge in [-0.1, -0.05) is 0 Å². The minimum Gasteiger partial charge on any atom is -0.286 e. The summed E-state index contributed by atoms with van der Waals surface area (Å²) in [4.78, 5) is 0. The Balaban J connectivity index is 8.07. The maximum Gasteiger partial charge on any atom is 0.371 e. The van der Waals surface area contributed by atoms with Crippen molar-refractivity contribution in [2.24, 2.45) is 0 Å². The lowest BCUT2D eigenvalue weighted by molar-refractivity contribution is -0.131. The maximum absolute atomic E-state index is 13.3. The molecule has 6 nitrogen and oxygen atoms in total.